The van der Waals surface area contributed by atoms with Crippen LogP contribution in [-0.4, -0.2) is 18.2 Å². The molecule has 0 spiro atoms. The van der Waals surface area contributed by atoms with E-state index in [4.69, 9.17) is 9.47 Å². The van der Waals surface area contributed by atoms with E-state index >= 15 is 0 Å². The fraction of sp³-hybridized carbons (Fsp3) is 0.250. The number of carbonyl (C=O) groups is 1. The average molecular weight is 326 g/mol. The van der Waals surface area contributed by atoms with Gasteiger partial charge in [0.1, 0.15) is 0 Å². The Bertz CT molecular complexity index is 715. The largest absolute Gasteiger partial charge is 0.493 e. The van der Waals surface area contributed by atoms with E-state index in [9.17, 15) is 9.90 Å². The number of ether oxygens (including phenoxy) is 2. The Morgan fingerprint density at radius 2 is 1.71 bits per heavy atom. The zero-order chi connectivity index (χ0) is 17.5. The molecule has 0 aliphatic heterocycles. The lowest BCUT2D eigenvalue weighted by atomic mass is 10.0. The molecule has 0 atom stereocenters. The van der Waals surface area contributed by atoms with Crippen LogP contribution in [0.2, 0.25) is 0 Å². The second kappa shape index (κ2) is 8.20. The maximum absolute atomic E-state index is 11.5. The Hall–Kier alpha value is -2.75. The summed E-state index contributed by atoms with van der Waals surface area (Å²) in [5.41, 5.74) is 2.00. The number of benzene rings is 2. The maximum Gasteiger partial charge on any atom is 0.371 e. The quantitative estimate of drug-likeness (QED) is 0.605. The monoisotopic (exact) mass is 326 g/mol. The van der Waals surface area contributed by atoms with Crippen molar-refractivity contribution in [3.63, 3.8) is 0 Å². The molecule has 0 radical (unpaired) electrons. The molecule has 2 rings (SSSR count). The van der Waals surface area contributed by atoms with Crippen molar-refractivity contribution in [3.8, 4) is 11.5 Å². The second-order valence-electron chi connectivity index (χ2n) is 5.91. The van der Waals surface area contributed by atoms with E-state index in [1.165, 1.54) is 18.7 Å². The summed E-state index contributed by atoms with van der Waals surface area (Å²) in [6.07, 6.45) is 2.50. The predicted molar refractivity (Wildman–Crippen MR) is 94.2 cm³/mol. The molecule has 1 N–H and O–H groups in total. The number of carboxylic acid groups (broad SMARTS) is 1. The van der Waals surface area contributed by atoms with E-state index in [2.05, 4.69) is 13.8 Å². The minimum Gasteiger partial charge on any atom is -0.493 e. The van der Waals surface area contributed by atoms with Gasteiger partial charge in [-0.25, -0.2) is 4.79 Å². The van der Waals surface area contributed by atoms with Gasteiger partial charge in [-0.3, -0.25) is 0 Å². The summed E-state index contributed by atoms with van der Waals surface area (Å²) in [6, 6.07) is 14.7. The molecule has 0 unspecified atom stereocenters. The molecule has 0 heterocycles. The van der Waals surface area contributed by atoms with Gasteiger partial charge in [0.15, 0.2) is 11.5 Å². The Morgan fingerprint density at radius 1 is 1.08 bits per heavy atom. The standard InChI is InChI=1S/C20H22O4/c1-14(2)12-15-8-10-16(11-9-15)13-19(20(21)22)24-18-7-5-4-6-17(18)23-3/h4-11,13-14H,12H2,1-3H3,(H,21,22). The molecule has 0 aromatic heterocycles. The Kier molecular flexibility index (Phi) is 6.01. The van der Waals surface area contributed by atoms with Crippen molar-refractivity contribution in [2.75, 3.05) is 7.11 Å². The summed E-state index contributed by atoms with van der Waals surface area (Å²) in [5, 5.41) is 9.40. The maximum atomic E-state index is 11.5. The highest BCUT2D eigenvalue weighted by Gasteiger charge is 2.13. The summed E-state index contributed by atoms with van der Waals surface area (Å²) in [6.45, 7) is 4.33. The third-order valence-corrected chi connectivity index (χ3v) is 3.42. The molecule has 0 aliphatic rings. The lowest BCUT2D eigenvalue weighted by Gasteiger charge is -2.10. The number of carboxylic acids is 1. The van der Waals surface area contributed by atoms with E-state index in [0.717, 1.165) is 12.0 Å². The van der Waals surface area contributed by atoms with Crippen LogP contribution < -0.4 is 9.47 Å². The molecule has 126 valence electrons. The van der Waals surface area contributed by atoms with E-state index < -0.39 is 5.97 Å². The zero-order valence-electron chi connectivity index (χ0n) is 14.2. The van der Waals surface area contributed by atoms with Crippen molar-refractivity contribution < 1.29 is 19.4 Å². The summed E-state index contributed by atoms with van der Waals surface area (Å²) < 4.78 is 10.7. The number of hydrogen-bond donors (Lipinski definition) is 1. The van der Waals surface area contributed by atoms with Gasteiger partial charge in [-0.15, -0.1) is 0 Å². The number of hydrogen-bond acceptors (Lipinski definition) is 3. The fourth-order valence-corrected chi connectivity index (χ4v) is 2.33. The predicted octanol–water partition coefficient (Wildman–Crippen LogP) is 4.40. The van der Waals surface area contributed by atoms with Crippen molar-refractivity contribution in [1.82, 2.24) is 0 Å². The van der Waals surface area contributed by atoms with Gasteiger partial charge in [0.05, 0.1) is 7.11 Å². The van der Waals surface area contributed by atoms with Gasteiger partial charge in [0.2, 0.25) is 5.76 Å². The van der Waals surface area contributed by atoms with E-state index in [0.29, 0.717) is 17.4 Å². The van der Waals surface area contributed by atoms with Crippen LogP contribution in [0.15, 0.2) is 54.3 Å². The second-order valence-corrected chi connectivity index (χ2v) is 5.91. The van der Waals surface area contributed by atoms with Crippen LogP contribution in [-0.2, 0) is 11.2 Å². The molecule has 4 nitrogen and oxygen atoms in total. The minimum atomic E-state index is -1.13. The van der Waals surface area contributed by atoms with Gasteiger partial charge in [-0.2, -0.15) is 0 Å². The molecule has 0 saturated carbocycles. The highest BCUT2D eigenvalue weighted by atomic mass is 16.5. The summed E-state index contributed by atoms with van der Waals surface area (Å²) in [4.78, 5) is 11.5. The molecule has 0 amide bonds. The van der Waals surface area contributed by atoms with Gasteiger partial charge >= 0.3 is 5.97 Å². The van der Waals surface area contributed by atoms with Gasteiger partial charge < -0.3 is 14.6 Å². The first-order chi connectivity index (χ1) is 11.5. The number of aliphatic carboxylic acids is 1. The van der Waals surface area contributed by atoms with Crippen LogP contribution in [0.1, 0.15) is 25.0 Å². The Morgan fingerprint density at radius 3 is 2.25 bits per heavy atom. The molecule has 0 saturated heterocycles. The Balaban J connectivity index is 2.23. The lowest BCUT2D eigenvalue weighted by molar-refractivity contribution is -0.134. The number of para-hydroxylation sites is 2. The molecular weight excluding hydrogens is 304 g/mol. The van der Waals surface area contributed by atoms with Crippen molar-refractivity contribution in [1.29, 1.82) is 0 Å². The van der Waals surface area contributed by atoms with Crippen LogP contribution in [0.25, 0.3) is 6.08 Å². The third kappa shape index (κ3) is 4.88. The first kappa shape index (κ1) is 17.6. The normalized spacial score (nSPS) is 11.4. The fourth-order valence-electron chi connectivity index (χ4n) is 2.33. The van der Waals surface area contributed by atoms with Crippen molar-refractivity contribution >= 4 is 12.0 Å². The van der Waals surface area contributed by atoms with Crippen LogP contribution >= 0.6 is 0 Å². The summed E-state index contributed by atoms with van der Waals surface area (Å²) >= 11 is 0. The lowest BCUT2D eigenvalue weighted by Crippen LogP contribution is -2.08. The topological polar surface area (TPSA) is 55.8 Å². The summed E-state index contributed by atoms with van der Waals surface area (Å²) in [7, 11) is 1.51. The van der Waals surface area contributed by atoms with Crippen LogP contribution in [0.4, 0.5) is 0 Å². The molecule has 0 fully saturated rings. The first-order valence-corrected chi connectivity index (χ1v) is 7.84. The third-order valence-electron chi connectivity index (χ3n) is 3.42. The molecule has 2 aromatic rings. The van der Waals surface area contributed by atoms with Gasteiger partial charge in [-0.1, -0.05) is 50.2 Å². The molecular formula is C20H22O4. The number of rotatable bonds is 7. The van der Waals surface area contributed by atoms with Crippen LogP contribution in [0.3, 0.4) is 0 Å². The smallest absolute Gasteiger partial charge is 0.371 e. The Labute approximate surface area is 142 Å². The van der Waals surface area contributed by atoms with E-state index in [1.807, 2.05) is 24.3 Å². The first-order valence-electron chi connectivity index (χ1n) is 7.84. The molecule has 2 aromatic carbocycles. The SMILES string of the molecule is COc1ccccc1OC(=Cc1ccc(CC(C)C)cc1)C(=O)O. The van der Waals surface area contributed by atoms with Crippen molar-refractivity contribution in [2.45, 2.75) is 20.3 Å². The van der Waals surface area contributed by atoms with E-state index in [1.54, 1.807) is 24.3 Å². The van der Waals surface area contributed by atoms with Crippen molar-refractivity contribution in [3.05, 3.63) is 65.4 Å². The van der Waals surface area contributed by atoms with E-state index in [-0.39, 0.29) is 5.76 Å². The van der Waals surface area contributed by atoms with Crippen molar-refractivity contribution in [2.24, 2.45) is 5.92 Å². The number of methoxy groups -OCH3 is 1. The van der Waals surface area contributed by atoms with Gasteiger partial charge in [0, 0.05) is 0 Å². The molecule has 0 aliphatic carbocycles. The highest BCUT2D eigenvalue weighted by molar-refractivity contribution is 5.90. The van der Waals surface area contributed by atoms with Gasteiger partial charge in [0.25, 0.3) is 0 Å². The average Bonchev–Trinajstić information content (AvgIpc) is 2.55. The molecule has 4 heteroatoms. The van der Waals surface area contributed by atoms with Gasteiger partial charge in [-0.05, 0) is 41.7 Å². The zero-order valence-corrected chi connectivity index (χ0v) is 14.2. The van der Waals surface area contributed by atoms with Crippen LogP contribution in [0.5, 0.6) is 11.5 Å². The molecule has 0 bridgehead atoms. The summed E-state index contributed by atoms with van der Waals surface area (Å²) in [5.74, 6) is 0.139. The van der Waals surface area contributed by atoms with Crippen LogP contribution in [0, 0.1) is 5.92 Å². The highest BCUT2D eigenvalue weighted by Crippen LogP contribution is 2.28. The minimum absolute atomic E-state index is 0.156. The molecule has 24 heavy (non-hydrogen) atoms.